The molecule has 0 aromatic carbocycles. The topological polar surface area (TPSA) is 29.3 Å². The second-order valence-electron chi connectivity index (χ2n) is 5.27. The molecule has 1 rings (SSSR count). The van der Waals surface area contributed by atoms with E-state index in [9.17, 15) is 0 Å². The largest absolute Gasteiger partial charge is 0.330 e. The van der Waals surface area contributed by atoms with Crippen LogP contribution in [0.3, 0.4) is 0 Å². The van der Waals surface area contributed by atoms with Crippen molar-refractivity contribution in [3.05, 3.63) is 20.8 Å². The molecule has 4 heteroatoms. The van der Waals surface area contributed by atoms with Crippen LogP contribution in [-0.2, 0) is 0 Å². The summed E-state index contributed by atoms with van der Waals surface area (Å²) in [5.41, 5.74) is 6.00. The molecule has 1 atom stereocenters. The van der Waals surface area contributed by atoms with Gasteiger partial charge < -0.3 is 5.73 Å². The molecule has 0 amide bonds. The fraction of sp³-hybridized carbons (Fsp3) is 0.692. The van der Waals surface area contributed by atoms with Crippen molar-refractivity contribution < 1.29 is 0 Å². The van der Waals surface area contributed by atoms with Crippen LogP contribution in [0.25, 0.3) is 0 Å². The Morgan fingerprint density at radius 2 is 2.18 bits per heavy atom. The molecule has 17 heavy (non-hydrogen) atoms. The zero-order valence-electron chi connectivity index (χ0n) is 11.2. The highest BCUT2D eigenvalue weighted by atomic mass is 79.9. The average molecular weight is 319 g/mol. The summed E-state index contributed by atoms with van der Waals surface area (Å²) in [7, 11) is 0. The van der Waals surface area contributed by atoms with Gasteiger partial charge in [-0.3, -0.25) is 4.90 Å². The summed E-state index contributed by atoms with van der Waals surface area (Å²) >= 11 is 5.33. The van der Waals surface area contributed by atoms with Gasteiger partial charge in [-0.25, -0.2) is 0 Å². The van der Waals surface area contributed by atoms with Crippen molar-refractivity contribution in [1.82, 2.24) is 4.90 Å². The summed E-state index contributed by atoms with van der Waals surface area (Å²) in [6.45, 7) is 11.8. The first-order chi connectivity index (χ1) is 7.89. The summed E-state index contributed by atoms with van der Waals surface area (Å²) in [5, 5.41) is 2.15. The first kappa shape index (κ1) is 15.2. The molecule has 98 valence electrons. The molecule has 0 fully saturated rings. The molecular formula is C13H23BrN2S. The number of hydrogen-bond donors (Lipinski definition) is 1. The Hall–Kier alpha value is 0.1000. The first-order valence-corrected chi connectivity index (χ1v) is 7.75. The number of nitrogens with zero attached hydrogens (tertiary/aromatic N) is 1. The van der Waals surface area contributed by atoms with E-state index in [4.69, 9.17) is 5.73 Å². The predicted octanol–water partition coefficient (Wildman–Crippen LogP) is 3.88. The van der Waals surface area contributed by atoms with E-state index in [1.54, 1.807) is 0 Å². The molecule has 0 spiro atoms. The van der Waals surface area contributed by atoms with Gasteiger partial charge in [-0.1, -0.05) is 20.8 Å². The number of thiophene rings is 1. The van der Waals surface area contributed by atoms with E-state index in [2.05, 4.69) is 60.0 Å². The summed E-state index contributed by atoms with van der Waals surface area (Å²) in [5.74, 6) is 0. The zero-order chi connectivity index (χ0) is 13.1. The van der Waals surface area contributed by atoms with Gasteiger partial charge in [-0.2, -0.15) is 0 Å². The van der Waals surface area contributed by atoms with Gasteiger partial charge in [0.1, 0.15) is 0 Å². The Labute approximate surface area is 117 Å². The third-order valence-electron chi connectivity index (χ3n) is 3.14. The lowest BCUT2D eigenvalue weighted by Gasteiger charge is -2.34. The van der Waals surface area contributed by atoms with Crippen molar-refractivity contribution in [3.8, 4) is 0 Å². The minimum atomic E-state index is 0.179. The van der Waals surface area contributed by atoms with Crippen LogP contribution in [0.4, 0.5) is 0 Å². The molecule has 2 N–H and O–H groups in total. The quantitative estimate of drug-likeness (QED) is 0.862. The van der Waals surface area contributed by atoms with Crippen LogP contribution in [0.5, 0.6) is 0 Å². The lowest BCUT2D eigenvalue weighted by molar-refractivity contribution is 0.149. The third kappa shape index (κ3) is 4.36. The van der Waals surface area contributed by atoms with Gasteiger partial charge in [0.2, 0.25) is 0 Å². The van der Waals surface area contributed by atoms with Crippen molar-refractivity contribution in [2.24, 2.45) is 11.1 Å². The van der Waals surface area contributed by atoms with Gasteiger partial charge in [0.05, 0.1) is 0 Å². The highest BCUT2D eigenvalue weighted by Gasteiger charge is 2.23. The minimum absolute atomic E-state index is 0.179. The van der Waals surface area contributed by atoms with Crippen molar-refractivity contribution >= 4 is 27.3 Å². The maximum atomic E-state index is 5.82. The Balaban J connectivity index is 2.74. The number of halogens is 1. The molecule has 1 heterocycles. The normalized spacial score (nSPS) is 14.3. The van der Waals surface area contributed by atoms with Crippen molar-refractivity contribution in [1.29, 1.82) is 0 Å². The lowest BCUT2D eigenvalue weighted by atomic mass is 9.92. The molecule has 1 unspecified atom stereocenters. The maximum absolute atomic E-state index is 5.82. The van der Waals surface area contributed by atoms with Gasteiger partial charge in [0.15, 0.2) is 0 Å². The van der Waals surface area contributed by atoms with Gasteiger partial charge >= 0.3 is 0 Å². The van der Waals surface area contributed by atoms with Crippen molar-refractivity contribution in [3.63, 3.8) is 0 Å². The Morgan fingerprint density at radius 3 is 2.59 bits per heavy atom. The molecular weight excluding hydrogens is 296 g/mol. The molecule has 0 aliphatic rings. The zero-order valence-corrected chi connectivity index (χ0v) is 13.6. The Bertz CT molecular complexity index is 349. The summed E-state index contributed by atoms with van der Waals surface area (Å²) in [6.07, 6.45) is 0. The first-order valence-electron chi connectivity index (χ1n) is 6.07. The number of hydrogen-bond acceptors (Lipinski definition) is 3. The summed E-state index contributed by atoms with van der Waals surface area (Å²) in [4.78, 5) is 3.90. The van der Waals surface area contributed by atoms with E-state index < -0.39 is 0 Å². The smallest absolute Gasteiger partial charge is 0.0413 e. The molecule has 2 nitrogen and oxygen atoms in total. The van der Waals surface area contributed by atoms with Gasteiger partial charge in [0, 0.05) is 27.3 Å². The van der Waals surface area contributed by atoms with Crippen LogP contribution >= 0.6 is 27.3 Å². The van der Waals surface area contributed by atoms with Gasteiger partial charge in [0.25, 0.3) is 0 Å². The van der Waals surface area contributed by atoms with E-state index in [1.807, 2.05) is 11.3 Å². The summed E-state index contributed by atoms with van der Waals surface area (Å²) in [6, 6.07) is 2.68. The minimum Gasteiger partial charge on any atom is -0.330 e. The van der Waals surface area contributed by atoms with Crippen LogP contribution in [0.1, 0.15) is 38.6 Å². The lowest BCUT2D eigenvalue weighted by Crippen LogP contribution is -2.39. The number of rotatable bonds is 6. The third-order valence-corrected chi connectivity index (χ3v) is 5.00. The van der Waals surface area contributed by atoms with Crippen LogP contribution in [0, 0.1) is 5.41 Å². The number of nitrogens with two attached hydrogens (primary N) is 1. The van der Waals surface area contributed by atoms with E-state index in [0.29, 0.717) is 6.04 Å². The van der Waals surface area contributed by atoms with E-state index >= 15 is 0 Å². The molecule has 0 bridgehead atoms. The second kappa shape index (κ2) is 6.32. The fourth-order valence-corrected chi connectivity index (χ4v) is 3.40. The molecule has 0 radical (unpaired) electrons. The van der Waals surface area contributed by atoms with Crippen LogP contribution in [0.2, 0.25) is 0 Å². The highest BCUT2D eigenvalue weighted by molar-refractivity contribution is 9.10. The standard InChI is InChI=1S/C13H23BrN2S/c1-5-16(9-13(3,4)8-15)10(2)12-6-11(14)7-17-12/h6-7,10H,5,8-9,15H2,1-4H3. The van der Waals surface area contributed by atoms with Gasteiger partial charge in [-0.05, 0) is 47.4 Å². The Morgan fingerprint density at radius 1 is 1.53 bits per heavy atom. The molecule has 0 saturated heterocycles. The summed E-state index contributed by atoms with van der Waals surface area (Å²) < 4.78 is 1.18. The van der Waals surface area contributed by atoms with E-state index in [1.165, 1.54) is 9.35 Å². The SMILES string of the molecule is CCN(CC(C)(C)CN)C(C)c1cc(Br)cs1. The monoisotopic (exact) mass is 318 g/mol. The second-order valence-corrected chi connectivity index (χ2v) is 7.13. The van der Waals surface area contributed by atoms with Gasteiger partial charge in [-0.15, -0.1) is 11.3 Å². The fourth-order valence-electron chi connectivity index (χ4n) is 1.86. The maximum Gasteiger partial charge on any atom is 0.0413 e. The highest BCUT2D eigenvalue weighted by Crippen LogP contribution is 2.30. The van der Waals surface area contributed by atoms with E-state index in [-0.39, 0.29) is 5.41 Å². The molecule has 0 aliphatic heterocycles. The van der Waals surface area contributed by atoms with Crippen LogP contribution in [-0.4, -0.2) is 24.5 Å². The van der Waals surface area contributed by atoms with Crippen LogP contribution in [0.15, 0.2) is 15.9 Å². The molecule has 0 saturated carbocycles. The van der Waals surface area contributed by atoms with Crippen LogP contribution < -0.4 is 5.73 Å². The molecule has 1 aromatic heterocycles. The average Bonchev–Trinajstić information content (AvgIpc) is 2.72. The Kier molecular flexibility index (Phi) is 5.64. The molecule has 0 aliphatic carbocycles. The van der Waals surface area contributed by atoms with Crippen molar-refractivity contribution in [2.45, 2.75) is 33.7 Å². The predicted molar refractivity (Wildman–Crippen MR) is 80.5 cm³/mol. The molecule has 1 aromatic rings. The van der Waals surface area contributed by atoms with E-state index in [0.717, 1.165) is 19.6 Å². The van der Waals surface area contributed by atoms with Crippen molar-refractivity contribution in [2.75, 3.05) is 19.6 Å².